The normalized spacial score (nSPS) is 28.0. The van der Waals surface area contributed by atoms with Crippen LogP contribution >= 0.6 is 0 Å². The fourth-order valence-electron chi connectivity index (χ4n) is 5.18. The molecule has 0 amide bonds. The molecule has 0 bridgehead atoms. The largest absolute Gasteiger partial charge is 0.387 e. The van der Waals surface area contributed by atoms with Crippen LogP contribution in [-0.4, -0.2) is 143 Å². The predicted molar refractivity (Wildman–Crippen MR) is 160 cm³/mol. The molecule has 0 unspecified atom stereocenters. The number of nitrogens with two attached hydrogens (primary N) is 2. The van der Waals surface area contributed by atoms with Gasteiger partial charge in [-0.25, -0.2) is 29.9 Å². The first-order valence-corrected chi connectivity index (χ1v) is 15.5. The monoisotopic (exact) mass is 676 g/mol. The zero-order valence-electron chi connectivity index (χ0n) is 24.9. The number of nitrogen functional groups attached to an aromatic ring is 2. The third-order valence-corrected chi connectivity index (χ3v) is 9.19. The first kappa shape index (κ1) is 32.8. The second-order valence-corrected chi connectivity index (χ2v) is 12.8. The zero-order chi connectivity index (χ0) is 33.6. The minimum Gasteiger partial charge on any atom is -0.387 e. The fraction of sp³-hybridized carbons (Fsp3) is 0.520. The van der Waals surface area contributed by atoms with Crippen molar-refractivity contribution >= 4 is 44.2 Å². The summed E-state index contributed by atoms with van der Waals surface area (Å²) >= 11 is 0. The van der Waals surface area contributed by atoms with E-state index in [2.05, 4.69) is 46.5 Å². The molecule has 47 heavy (non-hydrogen) atoms. The van der Waals surface area contributed by atoms with Crippen molar-refractivity contribution in [3.8, 4) is 11.8 Å². The van der Waals surface area contributed by atoms with Crippen LogP contribution in [0.4, 0.5) is 11.6 Å². The van der Waals surface area contributed by atoms with Crippen LogP contribution in [0.15, 0.2) is 19.0 Å². The predicted octanol–water partition coefficient (Wildman–Crippen LogP) is -4.17. The maximum absolute atomic E-state index is 12.2. The molecule has 4 aromatic rings. The number of nitrogens with zero attached hydrogens (tertiary/aromatic N) is 9. The van der Waals surface area contributed by atoms with Gasteiger partial charge in [0.2, 0.25) is 0 Å². The topological polar surface area (TPSA) is 297 Å². The first-order valence-electron chi connectivity index (χ1n) is 14.1. The highest BCUT2D eigenvalue weighted by atomic mass is 32.2. The van der Waals surface area contributed by atoms with Gasteiger partial charge in [-0.05, 0) is 5.92 Å². The summed E-state index contributed by atoms with van der Waals surface area (Å²) in [4.78, 5) is 24.7. The molecular weight excluding hydrogens is 644 g/mol. The molecule has 2 saturated heterocycles. The minimum atomic E-state index is -3.84. The van der Waals surface area contributed by atoms with Crippen LogP contribution in [-0.2, 0) is 24.4 Å². The maximum Gasteiger partial charge on any atom is 0.279 e. The van der Waals surface area contributed by atoms with E-state index in [1.165, 1.54) is 42.2 Å². The van der Waals surface area contributed by atoms with E-state index in [1.807, 2.05) is 0 Å². The van der Waals surface area contributed by atoms with Crippen molar-refractivity contribution in [2.75, 3.05) is 45.3 Å². The number of hydrogen-bond donors (Lipinski definition) is 7. The Morgan fingerprint density at radius 2 is 1.55 bits per heavy atom. The summed E-state index contributed by atoms with van der Waals surface area (Å²) < 4.78 is 47.7. The molecule has 22 heteroatoms. The highest BCUT2D eigenvalue weighted by molar-refractivity contribution is 7.87. The molecule has 6 heterocycles. The second-order valence-electron chi connectivity index (χ2n) is 10.9. The Morgan fingerprint density at radius 3 is 2.28 bits per heavy atom. The Hall–Kier alpha value is -4.15. The number of fused-ring (bicyclic) bond motifs is 2. The number of aliphatic hydroxyl groups is 4. The Labute approximate surface area is 266 Å². The molecule has 9 N–H and O–H groups in total. The van der Waals surface area contributed by atoms with Crippen LogP contribution in [0.3, 0.4) is 0 Å². The van der Waals surface area contributed by atoms with E-state index >= 15 is 0 Å². The molecule has 2 aliphatic rings. The molecule has 8 atom stereocenters. The number of nitrogens with one attached hydrogen (secondary N) is 1. The van der Waals surface area contributed by atoms with Gasteiger partial charge in [0.05, 0.1) is 12.9 Å². The maximum atomic E-state index is 12.2. The summed E-state index contributed by atoms with van der Waals surface area (Å²) in [6, 6.07) is 0. The summed E-state index contributed by atoms with van der Waals surface area (Å²) in [5.74, 6) is 5.78. The Bertz CT molecular complexity index is 1940. The molecule has 252 valence electrons. The average Bonchev–Trinajstić information content (AvgIpc) is 3.77. The molecule has 0 spiro atoms. The molecule has 2 aliphatic heterocycles. The molecule has 0 aliphatic carbocycles. The quantitative estimate of drug-likeness (QED) is 0.0653. The molecule has 0 aromatic carbocycles. The van der Waals surface area contributed by atoms with Crippen LogP contribution < -0.4 is 16.2 Å². The van der Waals surface area contributed by atoms with Gasteiger partial charge < -0.3 is 46.1 Å². The van der Waals surface area contributed by atoms with Gasteiger partial charge in [-0.3, -0.25) is 9.13 Å². The van der Waals surface area contributed by atoms with Crippen molar-refractivity contribution in [2.24, 2.45) is 0 Å². The van der Waals surface area contributed by atoms with Crippen molar-refractivity contribution in [1.29, 1.82) is 0 Å². The van der Waals surface area contributed by atoms with Crippen LogP contribution in [0.25, 0.3) is 22.3 Å². The van der Waals surface area contributed by atoms with Crippen LogP contribution in [0, 0.1) is 11.8 Å². The second kappa shape index (κ2) is 12.8. The lowest BCUT2D eigenvalue weighted by Gasteiger charge is -2.18. The van der Waals surface area contributed by atoms with E-state index in [0.717, 1.165) is 4.31 Å². The fourth-order valence-corrected chi connectivity index (χ4v) is 5.81. The molecule has 4 aromatic heterocycles. The molecule has 21 nitrogen and oxygen atoms in total. The standard InChI is InChI=1S/C25H32N12O9S/c1-35(2)47(42,43)33-6-11-16(38)19(41)25(45-11)37-13(34-15-21(27)29-9-31-23(15)37)4-3-5-44-7-12-17(39)18(40)24(46-12)36-10-32-14-20(26)28-8-30-22(14)36/h8-12,16-19,24-25,33,38-41H,5-7H2,1-2H3,(H2,26,28,30)(H2,27,29,31)/t11-,12-,16-,17-,18-,19-,24-,25-/m1/s1. The van der Waals surface area contributed by atoms with Crippen molar-refractivity contribution in [1.82, 2.24) is 48.1 Å². The van der Waals surface area contributed by atoms with Gasteiger partial charge in [-0.15, -0.1) is 0 Å². The molecule has 2 fully saturated rings. The smallest absolute Gasteiger partial charge is 0.279 e. The number of imidazole rings is 2. The van der Waals surface area contributed by atoms with E-state index in [0.29, 0.717) is 11.2 Å². The Balaban J connectivity index is 1.15. The summed E-state index contributed by atoms with van der Waals surface area (Å²) in [6.07, 6.45) is -6.19. The lowest BCUT2D eigenvalue weighted by Crippen LogP contribution is -2.43. The van der Waals surface area contributed by atoms with Crippen molar-refractivity contribution < 1.29 is 43.1 Å². The Kier molecular flexibility index (Phi) is 8.93. The SMILES string of the molecule is CN(C)S(=O)(=O)NC[C@H]1O[C@@H](n2c(C#CCOC[C@H]3O[C@@H](n4cnc5c(N)ncnc54)[C@H](O)[C@@H]3O)nc3c(N)ncnc32)[C@H](O)[C@@H]1O. The summed E-state index contributed by atoms with van der Waals surface area (Å²) in [6.45, 7) is -0.665. The highest BCUT2D eigenvalue weighted by Crippen LogP contribution is 2.34. The Morgan fingerprint density at radius 1 is 0.915 bits per heavy atom. The van der Waals surface area contributed by atoms with Crippen LogP contribution in [0.1, 0.15) is 18.3 Å². The van der Waals surface area contributed by atoms with Crippen molar-refractivity contribution in [3.05, 3.63) is 24.8 Å². The van der Waals surface area contributed by atoms with Gasteiger partial charge in [0.1, 0.15) is 61.4 Å². The summed E-state index contributed by atoms with van der Waals surface area (Å²) in [5, 5.41) is 42.8. The lowest BCUT2D eigenvalue weighted by molar-refractivity contribution is -0.0615. The molecule has 6 rings (SSSR count). The van der Waals surface area contributed by atoms with Gasteiger partial charge in [-0.1, -0.05) is 5.92 Å². The van der Waals surface area contributed by atoms with Gasteiger partial charge in [0.15, 0.2) is 46.7 Å². The number of ether oxygens (including phenoxy) is 3. The third kappa shape index (κ3) is 6.05. The van der Waals surface area contributed by atoms with E-state index < -0.39 is 59.3 Å². The molecule has 0 radical (unpaired) electrons. The van der Waals surface area contributed by atoms with E-state index in [4.69, 9.17) is 25.7 Å². The van der Waals surface area contributed by atoms with Crippen molar-refractivity contribution in [2.45, 2.75) is 49.1 Å². The van der Waals surface area contributed by atoms with Crippen molar-refractivity contribution in [3.63, 3.8) is 0 Å². The van der Waals surface area contributed by atoms with Crippen LogP contribution in [0.2, 0.25) is 0 Å². The number of hydrogen-bond acceptors (Lipinski definition) is 17. The van der Waals surface area contributed by atoms with Crippen LogP contribution in [0.5, 0.6) is 0 Å². The van der Waals surface area contributed by atoms with Gasteiger partial charge in [-0.2, -0.15) is 17.4 Å². The van der Waals surface area contributed by atoms with Gasteiger partial charge in [0, 0.05) is 20.6 Å². The number of aliphatic hydroxyl groups excluding tert-OH is 4. The molecular formula is C25H32N12O9S. The first-order chi connectivity index (χ1) is 22.4. The molecule has 0 saturated carbocycles. The number of rotatable bonds is 9. The summed E-state index contributed by atoms with van der Waals surface area (Å²) in [7, 11) is -1.17. The van der Waals surface area contributed by atoms with E-state index in [1.54, 1.807) is 0 Å². The number of anilines is 2. The van der Waals surface area contributed by atoms with E-state index in [9.17, 15) is 28.8 Å². The zero-order valence-corrected chi connectivity index (χ0v) is 25.7. The number of aromatic nitrogens is 8. The van der Waals surface area contributed by atoms with Gasteiger partial charge in [0.25, 0.3) is 10.2 Å². The average molecular weight is 677 g/mol. The lowest BCUT2D eigenvalue weighted by atomic mass is 10.1. The highest BCUT2D eigenvalue weighted by Gasteiger charge is 2.46. The van der Waals surface area contributed by atoms with E-state index in [-0.39, 0.29) is 48.4 Å². The third-order valence-electron chi connectivity index (χ3n) is 7.70. The minimum absolute atomic E-state index is 0.0247. The summed E-state index contributed by atoms with van der Waals surface area (Å²) in [5.41, 5.74) is 12.8. The van der Waals surface area contributed by atoms with Gasteiger partial charge >= 0.3 is 0 Å².